The van der Waals surface area contributed by atoms with Crippen molar-refractivity contribution in [2.45, 2.75) is 83.6 Å². The highest BCUT2D eigenvalue weighted by atomic mass is 14.9. The molecule has 1 atom stereocenters. The zero-order valence-corrected chi connectivity index (χ0v) is 12.2. The molecule has 1 saturated carbocycles. The Morgan fingerprint density at radius 3 is 2.72 bits per heavy atom. The van der Waals surface area contributed by atoms with Crippen LogP contribution in [-0.4, -0.2) is 12.6 Å². The van der Waals surface area contributed by atoms with Crippen molar-refractivity contribution in [2.24, 2.45) is 5.92 Å². The van der Waals surface area contributed by atoms with Crippen LogP contribution in [0.5, 0.6) is 0 Å². The molecule has 1 N–H and O–H groups in total. The third-order valence-electron chi connectivity index (χ3n) is 4.71. The second kappa shape index (κ2) is 7.99. The summed E-state index contributed by atoms with van der Waals surface area (Å²) >= 11 is 0. The van der Waals surface area contributed by atoms with Gasteiger partial charge >= 0.3 is 0 Å². The molecule has 0 aromatic rings. The van der Waals surface area contributed by atoms with E-state index in [9.17, 15) is 0 Å². The minimum atomic E-state index is 0.702. The fraction of sp³-hybridized carbons (Fsp3) is 0.882. The van der Waals surface area contributed by atoms with Crippen molar-refractivity contribution in [3.8, 4) is 0 Å². The highest BCUT2D eigenvalue weighted by molar-refractivity contribution is 5.12. The zero-order chi connectivity index (χ0) is 12.6. The number of rotatable bonds is 6. The van der Waals surface area contributed by atoms with Crippen molar-refractivity contribution in [3.63, 3.8) is 0 Å². The van der Waals surface area contributed by atoms with Crippen molar-refractivity contribution >= 4 is 0 Å². The lowest BCUT2D eigenvalue weighted by molar-refractivity contribution is 0.269. The molecule has 0 heterocycles. The molecule has 0 amide bonds. The average molecular weight is 249 g/mol. The van der Waals surface area contributed by atoms with Gasteiger partial charge in [0.05, 0.1) is 0 Å². The molecule has 2 rings (SSSR count). The van der Waals surface area contributed by atoms with Gasteiger partial charge < -0.3 is 5.32 Å². The minimum Gasteiger partial charge on any atom is -0.310 e. The standard InChI is InChI=1S/C17H31N/c1-2-13-18-17(14-15-9-8-10-15)16-11-6-4-3-5-7-12-16/h11,15,17-18H,2-10,12-14H2,1H3. The molecule has 0 aliphatic heterocycles. The summed E-state index contributed by atoms with van der Waals surface area (Å²) in [6.07, 6.45) is 18.1. The van der Waals surface area contributed by atoms with Crippen LogP contribution >= 0.6 is 0 Å². The van der Waals surface area contributed by atoms with Crippen LogP contribution in [0.15, 0.2) is 11.6 Å². The van der Waals surface area contributed by atoms with Crippen LogP contribution in [0.25, 0.3) is 0 Å². The molecular formula is C17H31N. The van der Waals surface area contributed by atoms with Gasteiger partial charge in [-0.1, -0.05) is 50.7 Å². The van der Waals surface area contributed by atoms with Gasteiger partial charge in [0.1, 0.15) is 0 Å². The molecule has 0 aromatic heterocycles. The summed E-state index contributed by atoms with van der Waals surface area (Å²) in [5, 5.41) is 3.82. The van der Waals surface area contributed by atoms with Gasteiger partial charge in [0, 0.05) is 6.04 Å². The lowest BCUT2D eigenvalue weighted by atomic mass is 9.78. The van der Waals surface area contributed by atoms with E-state index in [1.165, 1.54) is 77.2 Å². The largest absolute Gasteiger partial charge is 0.310 e. The lowest BCUT2D eigenvalue weighted by Crippen LogP contribution is -2.35. The Labute approximate surface area is 113 Å². The first-order valence-electron chi connectivity index (χ1n) is 8.32. The quantitative estimate of drug-likeness (QED) is 0.665. The smallest absolute Gasteiger partial charge is 0.0282 e. The third-order valence-corrected chi connectivity index (χ3v) is 4.71. The number of hydrogen-bond donors (Lipinski definition) is 1. The third kappa shape index (κ3) is 4.42. The van der Waals surface area contributed by atoms with Crippen LogP contribution in [0.1, 0.15) is 77.6 Å². The van der Waals surface area contributed by atoms with Crippen LogP contribution in [0.4, 0.5) is 0 Å². The molecule has 0 spiro atoms. The van der Waals surface area contributed by atoms with E-state index in [0.29, 0.717) is 6.04 Å². The normalized spacial score (nSPS) is 23.7. The number of hydrogen-bond acceptors (Lipinski definition) is 1. The maximum absolute atomic E-state index is 3.82. The summed E-state index contributed by atoms with van der Waals surface area (Å²) in [5.41, 5.74) is 1.75. The van der Waals surface area contributed by atoms with E-state index in [1.54, 1.807) is 5.57 Å². The Balaban J connectivity index is 1.90. The average Bonchev–Trinajstić information content (AvgIpc) is 2.28. The summed E-state index contributed by atoms with van der Waals surface area (Å²) in [5.74, 6) is 1.02. The monoisotopic (exact) mass is 249 g/mol. The summed E-state index contributed by atoms with van der Waals surface area (Å²) in [6.45, 7) is 3.47. The van der Waals surface area contributed by atoms with Gasteiger partial charge in [0.2, 0.25) is 0 Å². The summed E-state index contributed by atoms with van der Waals surface area (Å²) in [7, 11) is 0. The van der Waals surface area contributed by atoms with E-state index in [0.717, 1.165) is 5.92 Å². The Morgan fingerprint density at radius 1 is 1.17 bits per heavy atom. The van der Waals surface area contributed by atoms with Crippen LogP contribution < -0.4 is 5.32 Å². The van der Waals surface area contributed by atoms with Gasteiger partial charge in [-0.15, -0.1) is 0 Å². The van der Waals surface area contributed by atoms with Crippen molar-refractivity contribution in [3.05, 3.63) is 11.6 Å². The topological polar surface area (TPSA) is 12.0 Å². The van der Waals surface area contributed by atoms with Crippen molar-refractivity contribution < 1.29 is 0 Å². The maximum Gasteiger partial charge on any atom is 0.0282 e. The fourth-order valence-electron chi connectivity index (χ4n) is 3.28. The fourth-order valence-corrected chi connectivity index (χ4v) is 3.28. The molecule has 104 valence electrons. The molecule has 1 nitrogen and oxygen atoms in total. The summed E-state index contributed by atoms with van der Waals surface area (Å²) < 4.78 is 0. The van der Waals surface area contributed by atoms with Crippen LogP contribution in [0.3, 0.4) is 0 Å². The number of allylic oxidation sites excluding steroid dienone is 1. The van der Waals surface area contributed by atoms with E-state index >= 15 is 0 Å². The Kier molecular flexibility index (Phi) is 6.26. The molecular weight excluding hydrogens is 218 g/mol. The molecule has 0 bridgehead atoms. The van der Waals surface area contributed by atoms with Gasteiger partial charge in [-0.3, -0.25) is 0 Å². The molecule has 18 heavy (non-hydrogen) atoms. The molecule has 0 saturated heterocycles. The molecule has 2 aliphatic rings. The van der Waals surface area contributed by atoms with Crippen LogP contribution in [0, 0.1) is 5.92 Å². The highest BCUT2D eigenvalue weighted by Crippen LogP contribution is 2.33. The molecule has 1 fully saturated rings. The molecule has 0 radical (unpaired) electrons. The first kappa shape index (κ1) is 14.1. The minimum absolute atomic E-state index is 0.702. The first-order chi connectivity index (χ1) is 8.90. The first-order valence-corrected chi connectivity index (χ1v) is 8.32. The number of nitrogens with one attached hydrogen (secondary N) is 1. The van der Waals surface area contributed by atoms with Gasteiger partial charge in [-0.05, 0) is 51.0 Å². The Morgan fingerprint density at radius 2 is 2.00 bits per heavy atom. The van der Waals surface area contributed by atoms with Crippen molar-refractivity contribution in [2.75, 3.05) is 6.54 Å². The molecule has 2 aliphatic carbocycles. The zero-order valence-electron chi connectivity index (χ0n) is 12.2. The second-order valence-electron chi connectivity index (χ2n) is 6.27. The predicted molar refractivity (Wildman–Crippen MR) is 79.8 cm³/mol. The Bertz CT molecular complexity index is 252. The van der Waals surface area contributed by atoms with Crippen LogP contribution in [-0.2, 0) is 0 Å². The van der Waals surface area contributed by atoms with E-state index in [2.05, 4.69) is 18.3 Å². The van der Waals surface area contributed by atoms with Crippen LogP contribution in [0.2, 0.25) is 0 Å². The summed E-state index contributed by atoms with van der Waals surface area (Å²) in [4.78, 5) is 0. The van der Waals surface area contributed by atoms with E-state index in [1.807, 2.05) is 0 Å². The maximum atomic E-state index is 3.82. The van der Waals surface area contributed by atoms with E-state index < -0.39 is 0 Å². The Hall–Kier alpha value is -0.300. The molecule has 0 aromatic carbocycles. The van der Waals surface area contributed by atoms with Crippen molar-refractivity contribution in [1.82, 2.24) is 5.32 Å². The second-order valence-corrected chi connectivity index (χ2v) is 6.27. The van der Waals surface area contributed by atoms with Crippen molar-refractivity contribution in [1.29, 1.82) is 0 Å². The highest BCUT2D eigenvalue weighted by Gasteiger charge is 2.23. The SMILES string of the molecule is CCCNC(CC1CCC1)C1=CCCCCCC1. The molecule has 1 heteroatoms. The van der Waals surface area contributed by atoms with Gasteiger partial charge in [0.25, 0.3) is 0 Å². The van der Waals surface area contributed by atoms with Gasteiger partial charge in [0.15, 0.2) is 0 Å². The van der Waals surface area contributed by atoms with E-state index in [-0.39, 0.29) is 0 Å². The van der Waals surface area contributed by atoms with E-state index in [4.69, 9.17) is 0 Å². The summed E-state index contributed by atoms with van der Waals surface area (Å²) in [6, 6.07) is 0.702. The van der Waals surface area contributed by atoms with Gasteiger partial charge in [-0.25, -0.2) is 0 Å². The lowest BCUT2D eigenvalue weighted by Gasteiger charge is -2.32. The molecule has 1 unspecified atom stereocenters. The predicted octanol–water partition coefficient (Wildman–Crippen LogP) is 4.83. The van der Waals surface area contributed by atoms with Gasteiger partial charge in [-0.2, -0.15) is 0 Å².